The molecule has 0 saturated heterocycles. The fourth-order valence-electron chi connectivity index (χ4n) is 5.42. The van der Waals surface area contributed by atoms with Crippen LogP contribution in [0.2, 0.25) is 0 Å². The molecule has 49 heavy (non-hydrogen) atoms. The molecule has 0 unspecified atom stereocenters. The Morgan fingerprint density at radius 1 is 0.980 bits per heavy atom. The molecule has 13 heteroatoms. The van der Waals surface area contributed by atoms with E-state index in [1.807, 2.05) is 78.0 Å². The Morgan fingerprint density at radius 2 is 1.67 bits per heavy atom. The first-order valence-corrected chi connectivity index (χ1v) is 16.6. The lowest BCUT2D eigenvalue weighted by Crippen LogP contribution is -2.34. The Labute approximate surface area is 287 Å². The third-order valence-electron chi connectivity index (χ3n) is 7.65. The molecule has 266 valence electrons. The summed E-state index contributed by atoms with van der Waals surface area (Å²) in [6.07, 6.45) is 0.549. The van der Waals surface area contributed by atoms with Gasteiger partial charge in [0.15, 0.2) is 5.88 Å². The second kappa shape index (κ2) is 14.8. The summed E-state index contributed by atoms with van der Waals surface area (Å²) in [6.45, 7) is 17.9. The van der Waals surface area contributed by atoms with E-state index >= 15 is 0 Å². The summed E-state index contributed by atoms with van der Waals surface area (Å²) in [5.41, 5.74) is 3.41. The first-order valence-electron chi connectivity index (χ1n) is 16.6. The minimum atomic E-state index is -0.631. The Kier molecular flexibility index (Phi) is 11.1. The van der Waals surface area contributed by atoms with Crippen LogP contribution in [0.15, 0.2) is 30.3 Å². The number of hydrogen-bond donors (Lipinski definition) is 1. The van der Waals surface area contributed by atoms with E-state index in [1.54, 1.807) is 38.1 Å². The summed E-state index contributed by atoms with van der Waals surface area (Å²) in [7, 11) is 3.28. The van der Waals surface area contributed by atoms with Gasteiger partial charge in [-0.3, -0.25) is 4.40 Å². The lowest BCUT2D eigenvalue weighted by Gasteiger charge is -2.24. The number of methoxy groups -OCH3 is 1. The Bertz CT molecular complexity index is 1830. The molecule has 1 N–H and O–H groups in total. The number of fused-ring (bicyclic) bond motifs is 2. The SMILES string of the molecule is CCOC(=O)c1cc(OC)n2c(C)c(-c3cc4ccc([C@@H](C)NC(=O)OC(C)(C)C)nc4n3CCCCN(C)C(=O)OC(C)(C)C)nc2c1. The molecule has 1 atom stereocenters. The number of aromatic nitrogens is 4. The maximum absolute atomic E-state index is 12.6. The van der Waals surface area contributed by atoms with Gasteiger partial charge in [-0.05, 0) is 99.4 Å². The largest absolute Gasteiger partial charge is 0.482 e. The van der Waals surface area contributed by atoms with E-state index in [1.165, 1.54) is 0 Å². The van der Waals surface area contributed by atoms with Crippen LogP contribution in [0.25, 0.3) is 28.1 Å². The first-order chi connectivity index (χ1) is 22.9. The normalized spacial score (nSPS) is 12.6. The molecule has 0 spiro atoms. The minimum Gasteiger partial charge on any atom is -0.482 e. The van der Waals surface area contributed by atoms with Gasteiger partial charge >= 0.3 is 18.2 Å². The van der Waals surface area contributed by atoms with Crippen molar-refractivity contribution < 1.29 is 33.3 Å². The molecule has 0 aliphatic heterocycles. The van der Waals surface area contributed by atoms with E-state index in [-0.39, 0.29) is 12.7 Å². The highest BCUT2D eigenvalue weighted by Crippen LogP contribution is 2.33. The zero-order chi connectivity index (χ0) is 36.3. The fourth-order valence-corrected chi connectivity index (χ4v) is 5.42. The van der Waals surface area contributed by atoms with Crippen molar-refractivity contribution in [2.24, 2.45) is 0 Å². The zero-order valence-electron chi connectivity index (χ0n) is 30.6. The third kappa shape index (κ3) is 9.01. The monoisotopic (exact) mass is 678 g/mol. The molecule has 0 bridgehead atoms. The van der Waals surface area contributed by atoms with Gasteiger partial charge in [0.25, 0.3) is 0 Å². The predicted molar refractivity (Wildman–Crippen MR) is 187 cm³/mol. The van der Waals surface area contributed by atoms with Crippen LogP contribution in [0.1, 0.15) is 96.0 Å². The number of pyridine rings is 2. The second-order valence-electron chi connectivity index (χ2n) is 14.1. The molecule has 0 fully saturated rings. The van der Waals surface area contributed by atoms with E-state index < -0.39 is 29.3 Å². The van der Waals surface area contributed by atoms with Gasteiger partial charge in [0.2, 0.25) is 0 Å². The average Bonchev–Trinajstić information content (AvgIpc) is 3.53. The molecule has 4 aromatic rings. The number of imidazole rings is 1. The minimum absolute atomic E-state index is 0.250. The first kappa shape index (κ1) is 37.0. The Morgan fingerprint density at radius 3 is 2.31 bits per heavy atom. The van der Waals surface area contributed by atoms with Crippen molar-refractivity contribution in [3.63, 3.8) is 0 Å². The lowest BCUT2D eigenvalue weighted by atomic mass is 10.2. The maximum Gasteiger partial charge on any atom is 0.410 e. The molecule has 0 saturated carbocycles. The van der Waals surface area contributed by atoms with Gasteiger partial charge in [0, 0.05) is 31.6 Å². The van der Waals surface area contributed by atoms with Gasteiger partial charge in [-0.15, -0.1) is 0 Å². The van der Waals surface area contributed by atoms with Crippen molar-refractivity contribution in [3.05, 3.63) is 47.3 Å². The number of aryl methyl sites for hydroxylation is 2. The number of nitrogens with zero attached hydrogens (tertiary/aromatic N) is 5. The van der Waals surface area contributed by atoms with E-state index in [9.17, 15) is 14.4 Å². The van der Waals surface area contributed by atoms with Crippen molar-refractivity contribution in [3.8, 4) is 17.3 Å². The standard InChI is InChI=1S/C36H50N6O7/c1-12-47-32(43)25-20-28-39-30(23(3)42(28)29(21-25)46-11)27-19-24-15-16-26(22(2)37-33(44)48-35(4,5)6)38-31(24)41(27)18-14-13-17-40(10)34(45)49-36(7,8)9/h15-16,19-22H,12-14,17-18H2,1-11H3,(H,37,44)/t22-/m1/s1. The molecule has 0 aliphatic rings. The van der Waals surface area contributed by atoms with Crippen molar-refractivity contribution >= 4 is 34.8 Å². The van der Waals surface area contributed by atoms with Crippen molar-refractivity contribution in [1.29, 1.82) is 0 Å². The highest BCUT2D eigenvalue weighted by Gasteiger charge is 2.24. The molecular weight excluding hydrogens is 628 g/mol. The number of alkyl carbamates (subject to hydrolysis) is 1. The molecule has 0 aliphatic carbocycles. The zero-order valence-corrected chi connectivity index (χ0v) is 30.6. The molecule has 2 amide bonds. The number of unbranched alkanes of at least 4 members (excludes halogenated alkanes) is 1. The number of ether oxygens (including phenoxy) is 4. The van der Waals surface area contributed by atoms with Crippen LogP contribution in [0.5, 0.6) is 5.88 Å². The highest BCUT2D eigenvalue weighted by molar-refractivity contribution is 5.91. The summed E-state index contributed by atoms with van der Waals surface area (Å²) >= 11 is 0. The summed E-state index contributed by atoms with van der Waals surface area (Å²) in [6, 6.07) is 8.82. The number of carbonyl (C=O) groups excluding carboxylic acids is 3. The molecular formula is C36H50N6O7. The number of rotatable bonds is 11. The van der Waals surface area contributed by atoms with Crippen LogP contribution < -0.4 is 10.1 Å². The molecule has 4 heterocycles. The van der Waals surface area contributed by atoms with Crippen LogP contribution in [0.4, 0.5) is 9.59 Å². The molecule has 4 rings (SSSR count). The Hall–Kier alpha value is -4.81. The van der Waals surface area contributed by atoms with E-state index in [2.05, 4.69) is 9.88 Å². The van der Waals surface area contributed by atoms with Crippen molar-refractivity contribution in [2.45, 2.75) is 98.9 Å². The van der Waals surface area contributed by atoms with E-state index in [0.29, 0.717) is 48.0 Å². The summed E-state index contributed by atoms with van der Waals surface area (Å²) in [4.78, 5) is 49.3. The van der Waals surface area contributed by atoms with Crippen molar-refractivity contribution in [1.82, 2.24) is 29.2 Å². The molecule has 0 radical (unpaired) electrons. The van der Waals surface area contributed by atoms with Gasteiger partial charge in [0.05, 0.1) is 42.4 Å². The van der Waals surface area contributed by atoms with Gasteiger partial charge < -0.3 is 33.7 Å². The number of amides is 2. The Balaban J connectivity index is 1.74. The number of esters is 1. The predicted octanol–water partition coefficient (Wildman–Crippen LogP) is 7.08. The maximum atomic E-state index is 12.6. The highest BCUT2D eigenvalue weighted by atomic mass is 16.6. The average molecular weight is 679 g/mol. The number of nitrogens with one attached hydrogen (secondary N) is 1. The lowest BCUT2D eigenvalue weighted by molar-refractivity contribution is 0.0295. The van der Waals surface area contributed by atoms with Gasteiger partial charge in [-0.1, -0.05) is 0 Å². The molecule has 13 nitrogen and oxygen atoms in total. The molecule has 0 aromatic carbocycles. The van der Waals surface area contributed by atoms with Crippen LogP contribution in [-0.2, 0) is 20.8 Å². The van der Waals surface area contributed by atoms with Crippen LogP contribution in [0, 0.1) is 6.92 Å². The molecule has 4 aromatic heterocycles. The number of hydrogen-bond acceptors (Lipinski definition) is 9. The fraction of sp³-hybridized carbons (Fsp3) is 0.528. The quantitative estimate of drug-likeness (QED) is 0.100. The van der Waals surface area contributed by atoms with Gasteiger partial charge in [0.1, 0.15) is 28.2 Å². The second-order valence-corrected chi connectivity index (χ2v) is 14.1. The summed E-state index contributed by atoms with van der Waals surface area (Å²) in [5, 5.41) is 3.77. The van der Waals surface area contributed by atoms with Crippen LogP contribution in [0.3, 0.4) is 0 Å². The number of carbonyl (C=O) groups is 3. The summed E-state index contributed by atoms with van der Waals surface area (Å²) in [5.74, 6) is -0.00564. The van der Waals surface area contributed by atoms with E-state index in [0.717, 1.165) is 28.8 Å². The van der Waals surface area contributed by atoms with Gasteiger partial charge in [-0.2, -0.15) is 0 Å². The van der Waals surface area contributed by atoms with Crippen molar-refractivity contribution in [2.75, 3.05) is 27.3 Å². The topological polar surface area (TPSA) is 139 Å². The third-order valence-corrected chi connectivity index (χ3v) is 7.65. The van der Waals surface area contributed by atoms with Crippen LogP contribution in [-0.4, -0.2) is 80.5 Å². The summed E-state index contributed by atoms with van der Waals surface area (Å²) < 4.78 is 25.9. The smallest absolute Gasteiger partial charge is 0.410 e. The van der Waals surface area contributed by atoms with Crippen LogP contribution >= 0.6 is 0 Å². The van der Waals surface area contributed by atoms with Gasteiger partial charge in [-0.25, -0.2) is 24.4 Å². The van der Waals surface area contributed by atoms with E-state index in [4.69, 9.17) is 28.9 Å².